The van der Waals surface area contributed by atoms with Gasteiger partial charge in [-0.15, -0.1) is 6.42 Å². The van der Waals surface area contributed by atoms with Crippen molar-refractivity contribution in [2.45, 2.75) is 25.6 Å². The van der Waals surface area contributed by atoms with Gasteiger partial charge in [0.15, 0.2) is 0 Å². The summed E-state index contributed by atoms with van der Waals surface area (Å²) in [5.41, 5.74) is -2.42. The van der Waals surface area contributed by atoms with Gasteiger partial charge in [-0.05, 0) is 26.0 Å². The van der Waals surface area contributed by atoms with Gasteiger partial charge in [0.05, 0.1) is 16.7 Å². The molecule has 1 N–H and O–H groups in total. The van der Waals surface area contributed by atoms with E-state index in [4.69, 9.17) is 6.42 Å². The van der Waals surface area contributed by atoms with E-state index in [1.54, 1.807) is 0 Å². The number of hydrogen-bond donors (Lipinski definition) is 1. The maximum absolute atomic E-state index is 12.7. The Balaban J connectivity index is 3.12. The second-order valence-electron chi connectivity index (χ2n) is 4.27. The smallest absolute Gasteiger partial charge is 0.336 e. The van der Waals surface area contributed by atoms with Crippen molar-refractivity contribution in [3.8, 4) is 12.3 Å². The predicted octanol–water partition coefficient (Wildman–Crippen LogP) is 2.85. The molecule has 96 valence electrons. The molecule has 0 heterocycles. The molecule has 1 rings (SSSR count). The average molecular weight is 255 g/mol. The van der Waals surface area contributed by atoms with Gasteiger partial charge in [0, 0.05) is 0 Å². The first-order valence-corrected chi connectivity index (χ1v) is 5.14. The molecule has 1 aromatic rings. The minimum Gasteiger partial charge on any atom is -0.336 e. The van der Waals surface area contributed by atoms with Crippen molar-refractivity contribution in [3.63, 3.8) is 0 Å². The van der Waals surface area contributed by atoms with Crippen LogP contribution in [0.2, 0.25) is 0 Å². The van der Waals surface area contributed by atoms with Gasteiger partial charge in [-0.1, -0.05) is 18.1 Å². The Hall–Kier alpha value is -1.96. The zero-order chi connectivity index (χ0) is 14.0. The summed E-state index contributed by atoms with van der Waals surface area (Å²) in [7, 11) is 0. The number of alkyl halides is 3. The highest BCUT2D eigenvalue weighted by molar-refractivity contribution is 5.96. The molecule has 1 aromatic carbocycles. The zero-order valence-electron chi connectivity index (χ0n) is 9.93. The number of carbonyl (C=O) groups excluding carboxylic acids is 1. The van der Waals surface area contributed by atoms with Crippen LogP contribution in [0, 0.1) is 12.3 Å². The van der Waals surface area contributed by atoms with Crippen LogP contribution in [0.4, 0.5) is 13.2 Å². The molecule has 2 nitrogen and oxygen atoms in total. The van der Waals surface area contributed by atoms with Crippen molar-refractivity contribution >= 4 is 5.91 Å². The van der Waals surface area contributed by atoms with Crippen LogP contribution in [0.25, 0.3) is 0 Å². The zero-order valence-corrected chi connectivity index (χ0v) is 9.93. The van der Waals surface area contributed by atoms with Crippen LogP contribution >= 0.6 is 0 Å². The van der Waals surface area contributed by atoms with Gasteiger partial charge in [0.25, 0.3) is 5.91 Å². The number of halogens is 3. The summed E-state index contributed by atoms with van der Waals surface area (Å²) < 4.78 is 38.1. The summed E-state index contributed by atoms with van der Waals surface area (Å²) in [6, 6.07) is 4.57. The maximum Gasteiger partial charge on any atom is 0.417 e. The molecular weight excluding hydrogens is 243 g/mol. The van der Waals surface area contributed by atoms with Crippen LogP contribution in [-0.4, -0.2) is 11.4 Å². The summed E-state index contributed by atoms with van der Waals surface area (Å²) in [5.74, 6) is 1.45. The lowest BCUT2D eigenvalue weighted by molar-refractivity contribution is -0.137. The van der Waals surface area contributed by atoms with Crippen LogP contribution < -0.4 is 5.32 Å². The third kappa shape index (κ3) is 3.27. The van der Waals surface area contributed by atoms with Crippen molar-refractivity contribution in [2.24, 2.45) is 0 Å². The fraction of sp³-hybridized carbons (Fsp3) is 0.308. The maximum atomic E-state index is 12.7. The lowest BCUT2D eigenvalue weighted by Gasteiger charge is -2.21. The lowest BCUT2D eigenvalue weighted by Crippen LogP contribution is -2.42. The molecule has 5 heteroatoms. The quantitative estimate of drug-likeness (QED) is 0.809. The first-order chi connectivity index (χ1) is 8.17. The van der Waals surface area contributed by atoms with Crippen LogP contribution in [0.1, 0.15) is 29.8 Å². The lowest BCUT2D eigenvalue weighted by atomic mass is 10.0. The van der Waals surface area contributed by atoms with Crippen molar-refractivity contribution in [2.75, 3.05) is 0 Å². The Bertz CT molecular complexity index is 498. The largest absolute Gasteiger partial charge is 0.417 e. The van der Waals surface area contributed by atoms with Crippen LogP contribution in [0.3, 0.4) is 0 Å². The molecule has 0 bridgehead atoms. The Kier molecular flexibility index (Phi) is 3.70. The van der Waals surface area contributed by atoms with Crippen LogP contribution in [-0.2, 0) is 6.18 Å². The number of amides is 1. The molecule has 1 amide bonds. The van der Waals surface area contributed by atoms with Crippen molar-refractivity contribution in [1.29, 1.82) is 0 Å². The molecule has 0 aliphatic rings. The summed E-state index contributed by atoms with van der Waals surface area (Å²) in [6.45, 7) is 3.06. The van der Waals surface area contributed by atoms with Gasteiger partial charge in [0.2, 0.25) is 0 Å². The SMILES string of the molecule is C#CC(C)(C)NC(=O)c1ccccc1C(F)(F)F. The van der Waals surface area contributed by atoms with E-state index in [0.29, 0.717) is 0 Å². The molecular formula is C13H12F3NO. The molecule has 0 aromatic heterocycles. The fourth-order valence-corrected chi connectivity index (χ4v) is 1.32. The predicted molar refractivity (Wildman–Crippen MR) is 61.8 cm³/mol. The topological polar surface area (TPSA) is 29.1 Å². The van der Waals surface area contributed by atoms with E-state index >= 15 is 0 Å². The third-order valence-electron chi connectivity index (χ3n) is 2.26. The Morgan fingerprint density at radius 2 is 1.83 bits per heavy atom. The molecule has 0 atom stereocenters. The minimum atomic E-state index is -4.58. The Morgan fingerprint density at radius 3 is 2.33 bits per heavy atom. The average Bonchev–Trinajstić information content (AvgIpc) is 2.27. The summed E-state index contributed by atoms with van der Waals surface area (Å²) in [6.07, 6.45) is 0.594. The summed E-state index contributed by atoms with van der Waals surface area (Å²) in [5, 5.41) is 2.36. The first-order valence-electron chi connectivity index (χ1n) is 5.14. The Morgan fingerprint density at radius 1 is 1.28 bits per heavy atom. The van der Waals surface area contributed by atoms with E-state index in [9.17, 15) is 18.0 Å². The van der Waals surface area contributed by atoms with Gasteiger partial charge in [0.1, 0.15) is 0 Å². The standard InChI is InChI=1S/C13H12F3NO/c1-4-12(2,3)17-11(18)9-7-5-6-8-10(9)13(14,15)16/h1,5-8H,2-3H3,(H,17,18). The first kappa shape index (κ1) is 14.1. The van der Waals surface area contributed by atoms with Gasteiger partial charge in [-0.25, -0.2) is 0 Å². The van der Waals surface area contributed by atoms with Gasteiger partial charge >= 0.3 is 6.18 Å². The van der Waals surface area contributed by atoms with E-state index in [1.165, 1.54) is 26.0 Å². The molecule has 0 aliphatic carbocycles. The summed E-state index contributed by atoms with van der Waals surface area (Å²) >= 11 is 0. The Labute approximate surface area is 103 Å². The van der Waals surface area contributed by atoms with Crippen LogP contribution in [0.15, 0.2) is 24.3 Å². The van der Waals surface area contributed by atoms with Gasteiger partial charge < -0.3 is 5.32 Å². The highest BCUT2D eigenvalue weighted by atomic mass is 19.4. The van der Waals surface area contributed by atoms with E-state index < -0.39 is 28.7 Å². The normalized spacial score (nSPS) is 11.8. The second-order valence-corrected chi connectivity index (χ2v) is 4.27. The number of hydrogen-bond acceptors (Lipinski definition) is 1. The molecule has 0 saturated carbocycles. The molecule has 0 unspecified atom stereocenters. The van der Waals surface area contributed by atoms with E-state index in [0.717, 1.165) is 12.1 Å². The van der Waals surface area contributed by atoms with Crippen molar-refractivity contribution < 1.29 is 18.0 Å². The molecule has 0 fully saturated rings. The third-order valence-corrected chi connectivity index (χ3v) is 2.26. The number of rotatable bonds is 2. The van der Waals surface area contributed by atoms with Crippen LogP contribution in [0.5, 0.6) is 0 Å². The number of terminal acetylenes is 1. The van der Waals surface area contributed by atoms with Gasteiger partial charge in [-0.3, -0.25) is 4.79 Å². The summed E-state index contributed by atoms with van der Waals surface area (Å²) in [4.78, 5) is 11.8. The fourth-order valence-electron chi connectivity index (χ4n) is 1.32. The van der Waals surface area contributed by atoms with Crippen molar-refractivity contribution in [3.05, 3.63) is 35.4 Å². The van der Waals surface area contributed by atoms with E-state index in [-0.39, 0.29) is 0 Å². The molecule has 0 radical (unpaired) electrons. The van der Waals surface area contributed by atoms with E-state index in [2.05, 4.69) is 11.2 Å². The number of nitrogens with one attached hydrogen (secondary N) is 1. The molecule has 0 saturated heterocycles. The minimum absolute atomic E-state index is 0.437. The molecule has 18 heavy (non-hydrogen) atoms. The number of carbonyl (C=O) groups is 1. The second kappa shape index (κ2) is 4.73. The van der Waals surface area contributed by atoms with Crippen molar-refractivity contribution in [1.82, 2.24) is 5.32 Å². The monoisotopic (exact) mass is 255 g/mol. The molecule has 0 aliphatic heterocycles. The van der Waals surface area contributed by atoms with E-state index in [1.807, 2.05) is 0 Å². The highest BCUT2D eigenvalue weighted by Gasteiger charge is 2.35. The molecule has 0 spiro atoms. The van der Waals surface area contributed by atoms with Gasteiger partial charge in [-0.2, -0.15) is 13.2 Å². The highest BCUT2D eigenvalue weighted by Crippen LogP contribution is 2.31. The number of benzene rings is 1.